The van der Waals surface area contributed by atoms with Gasteiger partial charge in [0.1, 0.15) is 6.17 Å². The normalized spacial score (nSPS) is 16.4. The molecule has 0 spiro atoms. The van der Waals surface area contributed by atoms with Gasteiger partial charge in [-0.25, -0.2) is 4.39 Å². The molecule has 4 heteroatoms. The van der Waals surface area contributed by atoms with Crippen molar-refractivity contribution in [2.45, 2.75) is 33.0 Å². The summed E-state index contributed by atoms with van der Waals surface area (Å²) in [6.07, 6.45) is 0.239. The lowest BCUT2D eigenvalue weighted by molar-refractivity contribution is -0.117. The smallest absolute Gasteiger partial charge is 0.221 e. The lowest BCUT2D eigenvalue weighted by Crippen LogP contribution is -2.20. The molecule has 0 heterocycles. The molecule has 0 aromatic heterocycles. The summed E-state index contributed by atoms with van der Waals surface area (Å²) >= 11 is 0. The first-order valence-corrected chi connectivity index (χ1v) is 3.47. The highest BCUT2D eigenvalue weighted by molar-refractivity contribution is 5.85. The average Bonchev–Trinajstić information content (AvgIpc) is 1.86. The van der Waals surface area contributed by atoms with Crippen LogP contribution in [0.4, 0.5) is 4.39 Å². The number of nitrogens with zero attached hydrogens (tertiary/aromatic N) is 1. The Balaban J connectivity index is 3.65. The second-order valence-corrected chi connectivity index (χ2v) is 2.40. The van der Waals surface area contributed by atoms with Gasteiger partial charge in [-0.05, 0) is 13.8 Å². The minimum absolute atomic E-state index is 0.201. The van der Waals surface area contributed by atoms with Crippen LogP contribution in [0.2, 0.25) is 0 Å². The molecule has 0 aliphatic carbocycles. The molecule has 64 valence electrons. The summed E-state index contributed by atoms with van der Waals surface area (Å²) in [6.45, 7) is 4.44. The Hall–Kier alpha value is -0.930. The van der Waals surface area contributed by atoms with Crippen molar-refractivity contribution < 1.29 is 9.18 Å². The Morgan fingerprint density at radius 3 is 2.55 bits per heavy atom. The maximum Gasteiger partial charge on any atom is 0.221 e. The highest BCUT2D eigenvalue weighted by Crippen LogP contribution is 1.99. The lowest BCUT2D eigenvalue weighted by Gasteiger charge is -2.05. The van der Waals surface area contributed by atoms with Gasteiger partial charge in [0.2, 0.25) is 5.91 Å². The van der Waals surface area contributed by atoms with Gasteiger partial charge < -0.3 is 5.32 Å². The topological polar surface area (TPSA) is 41.5 Å². The van der Waals surface area contributed by atoms with E-state index in [4.69, 9.17) is 0 Å². The quantitative estimate of drug-likeness (QED) is 0.483. The molecule has 0 saturated carbocycles. The van der Waals surface area contributed by atoms with Gasteiger partial charge >= 0.3 is 0 Å². The lowest BCUT2D eigenvalue weighted by atomic mass is 10.2. The first-order valence-electron chi connectivity index (χ1n) is 3.47. The molecule has 1 unspecified atom stereocenters. The molecule has 0 rings (SSSR count). The number of rotatable bonds is 3. The van der Waals surface area contributed by atoms with E-state index >= 15 is 0 Å². The van der Waals surface area contributed by atoms with Gasteiger partial charge in [-0.2, -0.15) is 0 Å². The second-order valence-electron chi connectivity index (χ2n) is 2.40. The second kappa shape index (κ2) is 4.82. The van der Waals surface area contributed by atoms with Crippen LogP contribution < -0.4 is 5.32 Å². The van der Waals surface area contributed by atoms with Crippen molar-refractivity contribution >= 4 is 12.2 Å². The van der Waals surface area contributed by atoms with Crippen LogP contribution in [0.5, 0.6) is 0 Å². The Morgan fingerprint density at radius 1 is 1.64 bits per heavy atom. The zero-order valence-corrected chi connectivity index (χ0v) is 6.97. The highest BCUT2D eigenvalue weighted by Gasteiger charge is 2.06. The van der Waals surface area contributed by atoms with Crippen LogP contribution in [0.1, 0.15) is 20.8 Å². The molecular formula is C7H13FN2O. The molecule has 0 aliphatic heterocycles. The van der Waals surface area contributed by atoms with Crippen molar-refractivity contribution in [3.8, 4) is 0 Å². The number of halogens is 1. The molecule has 11 heavy (non-hydrogen) atoms. The number of carbonyl (C=O) groups is 1. The van der Waals surface area contributed by atoms with Gasteiger partial charge in [-0.1, -0.05) is 0 Å². The third kappa shape index (κ3) is 5.51. The molecule has 0 aromatic carbocycles. The fourth-order valence-electron chi connectivity index (χ4n) is 0.364. The van der Waals surface area contributed by atoms with Gasteiger partial charge in [0.05, 0.1) is 12.4 Å². The molecule has 2 atom stereocenters. The van der Waals surface area contributed by atoms with E-state index in [9.17, 15) is 9.18 Å². The van der Waals surface area contributed by atoms with Crippen molar-refractivity contribution in [3.63, 3.8) is 0 Å². The standard InChI is InChI=1S/C7H13FN2O/c1-5(8)6(2)9-4-10-7(3)11/h4-6H,1-3H3,(H,9,10,11)/t5?,6-/m1/s1. The van der Waals surface area contributed by atoms with E-state index in [0.29, 0.717) is 0 Å². The molecule has 3 nitrogen and oxygen atoms in total. The summed E-state index contributed by atoms with van der Waals surface area (Å²) < 4.78 is 12.4. The van der Waals surface area contributed by atoms with Crippen LogP contribution in [0.15, 0.2) is 4.99 Å². The Labute approximate surface area is 65.7 Å². The zero-order valence-electron chi connectivity index (χ0n) is 6.97. The molecule has 0 fully saturated rings. The molecule has 0 radical (unpaired) electrons. The van der Waals surface area contributed by atoms with Crippen molar-refractivity contribution in [1.29, 1.82) is 0 Å². The summed E-state index contributed by atoms with van der Waals surface area (Å²) in [7, 11) is 0. The van der Waals surface area contributed by atoms with Crippen LogP contribution in [-0.4, -0.2) is 24.5 Å². The van der Waals surface area contributed by atoms with E-state index in [1.165, 1.54) is 20.2 Å². The molecule has 0 aliphatic rings. The maximum absolute atomic E-state index is 12.4. The number of nitrogens with one attached hydrogen (secondary N) is 1. The fraction of sp³-hybridized carbons (Fsp3) is 0.714. The number of amides is 1. The summed E-state index contributed by atoms with van der Waals surface area (Å²) in [4.78, 5) is 14.0. The number of hydrogen-bond donors (Lipinski definition) is 1. The number of carbonyl (C=O) groups excluding carboxylic acids is 1. The fourth-order valence-corrected chi connectivity index (χ4v) is 0.364. The first kappa shape index (κ1) is 10.1. The molecule has 1 N–H and O–H groups in total. The highest BCUT2D eigenvalue weighted by atomic mass is 19.1. The van der Waals surface area contributed by atoms with Crippen LogP contribution in [0.3, 0.4) is 0 Å². The minimum atomic E-state index is -0.986. The third-order valence-corrected chi connectivity index (χ3v) is 1.24. The predicted molar refractivity (Wildman–Crippen MR) is 42.3 cm³/mol. The van der Waals surface area contributed by atoms with Crippen molar-refractivity contribution in [2.24, 2.45) is 4.99 Å². The first-order chi connectivity index (χ1) is 5.04. The monoisotopic (exact) mass is 160 g/mol. The maximum atomic E-state index is 12.4. The van der Waals surface area contributed by atoms with Gasteiger partial charge in [-0.15, -0.1) is 0 Å². The SMILES string of the molecule is CC(=O)NC=N[C@H](C)C(C)F. The molecule has 1 amide bonds. The van der Waals surface area contributed by atoms with Crippen LogP contribution in [0, 0.1) is 0 Å². The van der Waals surface area contributed by atoms with Crippen molar-refractivity contribution in [3.05, 3.63) is 0 Å². The summed E-state index contributed by atoms with van der Waals surface area (Å²) in [5.41, 5.74) is 0. The van der Waals surface area contributed by atoms with E-state index in [0.717, 1.165) is 0 Å². The minimum Gasteiger partial charge on any atom is -0.317 e. The Kier molecular flexibility index (Phi) is 4.41. The van der Waals surface area contributed by atoms with Crippen molar-refractivity contribution in [2.75, 3.05) is 0 Å². The largest absolute Gasteiger partial charge is 0.317 e. The summed E-state index contributed by atoms with van der Waals surface area (Å²) in [6, 6.07) is -0.401. The van der Waals surface area contributed by atoms with E-state index in [1.54, 1.807) is 6.92 Å². The summed E-state index contributed by atoms with van der Waals surface area (Å²) in [5, 5.41) is 2.33. The average molecular weight is 160 g/mol. The van der Waals surface area contributed by atoms with Crippen molar-refractivity contribution in [1.82, 2.24) is 5.32 Å². The Morgan fingerprint density at radius 2 is 2.18 bits per heavy atom. The van der Waals surface area contributed by atoms with E-state index in [1.807, 2.05) is 0 Å². The van der Waals surface area contributed by atoms with E-state index in [-0.39, 0.29) is 5.91 Å². The Bertz CT molecular complexity index is 157. The van der Waals surface area contributed by atoms with Gasteiger partial charge in [0.15, 0.2) is 0 Å². The number of hydrogen-bond acceptors (Lipinski definition) is 2. The number of alkyl halides is 1. The summed E-state index contributed by atoms with van der Waals surface area (Å²) in [5.74, 6) is -0.201. The number of aliphatic imine (C=N–C) groups is 1. The third-order valence-electron chi connectivity index (χ3n) is 1.24. The van der Waals surface area contributed by atoms with Crippen LogP contribution in [0.25, 0.3) is 0 Å². The van der Waals surface area contributed by atoms with E-state index in [2.05, 4.69) is 10.3 Å². The molecular weight excluding hydrogens is 147 g/mol. The van der Waals surface area contributed by atoms with Crippen LogP contribution >= 0.6 is 0 Å². The van der Waals surface area contributed by atoms with Gasteiger partial charge in [0.25, 0.3) is 0 Å². The molecule has 0 bridgehead atoms. The molecule has 0 saturated heterocycles. The van der Waals surface area contributed by atoms with Gasteiger partial charge in [-0.3, -0.25) is 9.79 Å². The predicted octanol–water partition coefficient (Wildman–Crippen LogP) is 0.897. The van der Waals surface area contributed by atoms with Crippen LogP contribution in [-0.2, 0) is 4.79 Å². The van der Waals surface area contributed by atoms with E-state index < -0.39 is 12.2 Å². The zero-order chi connectivity index (χ0) is 8.85. The van der Waals surface area contributed by atoms with Gasteiger partial charge in [0, 0.05) is 6.92 Å². The molecule has 0 aromatic rings.